The van der Waals surface area contributed by atoms with Crippen LogP contribution in [-0.2, 0) is 0 Å². The van der Waals surface area contributed by atoms with Gasteiger partial charge in [-0.1, -0.05) is 35.0 Å². The molecular weight excluding hydrogens is 397 g/mol. The number of methoxy groups -OCH3 is 1. The number of hydrogen-bond donors (Lipinski definition) is 0. The normalized spacial score (nSPS) is 13.2. The lowest BCUT2D eigenvalue weighted by Crippen LogP contribution is -2.31. The number of ether oxygens (including phenoxy) is 2. The van der Waals surface area contributed by atoms with Crippen LogP contribution in [0.3, 0.4) is 0 Å². The van der Waals surface area contributed by atoms with Crippen LogP contribution in [0.4, 0.5) is 10.1 Å². The van der Waals surface area contributed by atoms with E-state index in [-0.39, 0.29) is 5.82 Å². The van der Waals surface area contributed by atoms with Crippen molar-refractivity contribution in [1.29, 1.82) is 0 Å². The SMILES string of the molecule is CCCOc1ccc(F)c2c1N(CCBr)CC(c1ccc(OC)cc1)=C2. The largest absolute Gasteiger partial charge is 0.497 e. The second-order valence-electron chi connectivity index (χ2n) is 6.16. The van der Waals surface area contributed by atoms with Gasteiger partial charge >= 0.3 is 0 Å². The van der Waals surface area contributed by atoms with E-state index in [0.717, 1.165) is 46.6 Å². The maximum atomic E-state index is 14.6. The molecule has 0 bridgehead atoms. The van der Waals surface area contributed by atoms with Crippen molar-refractivity contribution >= 4 is 33.3 Å². The minimum Gasteiger partial charge on any atom is -0.497 e. The third kappa shape index (κ3) is 3.88. The number of hydrogen-bond acceptors (Lipinski definition) is 3. The number of benzene rings is 2. The molecule has 0 fully saturated rings. The summed E-state index contributed by atoms with van der Waals surface area (Å²) in [7, 11) is 1.65. The van der Waals surface area contributed by atoms with Gasteiger partial charge in [-0.25, -0.2) is 4.39 Å². The molecule has 0 saturated carbocycles. The Balaban J connectivity index is 2.05. The van der Waals surface area contributed by atoms with Crippen LogP contribution < -0.4 is 14.4 Å². The van der Waals surface area contributed by atoms with Gasteiger partial charge in [0, 0.05) is 24.0 Å². The van der Waals surface area contributed by atoms with Crippen LogP contribution in [0.5, 0.6) is 11.5 Å². The van der Waals surface area contributed by atoms with Crippen LogP contribution in [-0.4, -0.2) is 32.1 Å². The van der Waals surface area contributed by atoms with Crippen molar-refractivity contribution in [2.75, 3.05) is 37.0 Å². The van der Waals surface area contributed by atoms with Crippen LogP contribution in [0.1, 0.15) is 24.5 Å². The highest BCUT2D eigenvalue weighted by molar-refractivity contribution is 9.09. The highest BCUT2D eigenvalue weighted by Gasteiger charge is 2.25. The highest BCUT2D eigenvalue weighted by atomic mass is 79.9. The topological polar surface area (TPSA) is 21.7 Å². The maximum Gasteiger partial charge on any atom is 0.143 e. The van der Waals surface area contributed by atoms with E-state index in [2.05, 4.69) is 27.8 Å². The zero-order chi connectivity index (χ0) is 18.5. The predicted octanol–water partition coefficient (Wildman–Crippen LogP) is 5.38. The van der Waals surface area contributed by atoms with Gasteiger partial charge in [0.1, 0.15) is 17.3 Å². The Morgan fingerprint density at radius 2 is 1.92 bits per heavy atom. The first-order valence-corrected chi connectivity index (χ1v) is 9.91. The number of nitrogens with zero attached hydrogens (tertiary/aromatic N) is 1. The fourth-order valence-corrected chi connectivity index (χ4v) is 3.56. The number of fused-ring (bicyclic) bond motifs is 1. The van der Waals surface area contributed by atoms with Gasteiger partial charge in [0.15, 0.2) is 0 Å². The molecule has 0 unspecified atom stereocenters. The van der Waals surface area contributed by atoms with Gasteiger partial charge in [-0.2, -0.15) is 0 Å². The number of halogens is 2. The maximum absolute atomic E-state index is 14.6. The Bertz CT molecular complexity index is 789. The lowest BCUT2D eigenvalue weighted by molar-refractivity contribution is 0.317. The summed E-state index contributed by atoms with van der Waals surface area (Å²) >= 11 is 3.52. The molecule has 0 aromatic heterocycles. The first kappa shape index (κ1) is 18.8. The molecule has 2 aromatic rings. The minimum absolute atomic E-state index is 0.228. The molecule has 0 N–H and O–H groups in total. The Morgan fingerprint density at radius 3 is 2.58 bits per heavy atom. The summed E-state index contributed by atoms with van der Waals surface area (Å²) in [5, 5.41) is 0.798. The summed E-state index contributed by atoms with van der Waals surface area (Å²) in [5.74, 6) is 1.33. The van der Waals surface area contributed by atoms with E-state index in [4.69, 9.17) is 9.47 Å². The Hall–Kier alpha value is -2.01. The molecule has 0 saturated heterocycles. The lowest BCUT2D eigenvalue weighted by atomic mass is 9.96. The average molecular weight is 420 g/mol. The van der Waals surface area contributed by atoms with Gasteiger partial charge in [-0.15, -0.1) is 0 Å². The summed E-state index contributed by atoms with van der Waals surface area (Å²) in [6, 6.07) is 11.1. The van der Waals surface area contributed by atoms with Crippen LogP contribution in [0.25, 0.3) is 11.6 Å². The Kier molecular flexibility index (Phi) is 6.20. The molecule has 1 aliphatic rings. The molecule has 1 heterocycles. The van der Waals surface area contributed by atoms with E-state index in [9.17, 15) is 4.39 Å². The molecule has 0 atom stereocenters. The minimum atomic E-state index is -0.228. The number of rotatable bonds is 7. The third-order valence-corrected chi connectivity index (χ3v) is 4.75. The van der Waals surface area contributed by atoms with Gasteiger partial charge in [0.25, 0.3) is 0 Å². The standard InChI is InChI=1S/C21H23BrFNO2/c1-3-12-26-20-9-8-19(23)18-13-16(14-24(11-10-22)21(18)20)15-4-6-17(25-2)7-5-15/h4-9,13H,3,10-12,14H2,1-2H3. The molecule has 5 heteroatoms. The zero-order valence-electron chi connectivity index (χ0n) is 15.1. The van der Waals surface area contributed by atoms with Gasteiger partial charge < -0.3 is 14.4 Å². The molecule has 26 heavy (non-hydrogen) atoms. The van der Waals surface area contributed by atoms with E-state index < -0.39 is 0 Å². The van der Waals surface area contributed by atoms with Crippen LogP contribution in [0.2, 0.25) is 0 Å². The zero-order valence-corrected chi connectivity index (χ0v) is 16.7. The van der Waals surface area contributed by atoms with Crippen molar-refractivity contribution in [3.8, 4) is 11.5 Å². The fraction of sp³-hybridized carbons (Fsp3) is 0.333. The third-order valence-electron chi connectivity index (χ3n) is 4.40. The molecule has 0 aliphatic carbocycles. The summed E-state index contributed by atoms with van der Waals surface area (Å²) in [4.78, 5) is 2.18. The van der Waals surface area contributed by atoms with Gasteiger partial charge in [-0.05, 0) is 47.9 Å². The van der Waals surface area contributed by atoms with Gasteiger partial charge in [0.2, 0.25) is 0 Å². The molecule has 138 valence electrons. The van der Waals surface area contributed by atoms with Gasteiger partial charge in [-0.3, -0.25) is 0 Å². The summed E-state index contributed by atoms with van der Waals surface area (Å²) in [5.41, 5.74) is 3.58. The van der Waals surface area contributed by atoms with Crippen molar-refractivity contribution in [1.82, 2.24) is 0 Å². The summed E-state index contributed by atoms with van der Waals surface area (Å²) < 4.78 is 25.8. The Labute approximate surface area is 162 Å². The van der Waals surface area contributed by atoms with E-state index in [1.807, 2.05) is 30.3 Å². The van der Waals surface area contributed by atoms with Crippen molar-refractivity contribution in [3.05, 3.63) is 53.3 Å². The fourth-order valence-electron chi connectivity index (χ4n) is 3.13. The molecule has 1 aliphatic heterocycles. The summed E-state index contributed by atoms with van der Waals surface area (Å²) in [6.07, 6.45) is 2.85. The van der Waals surface area contributed by atoms with Crippen LogP contribution in [0, 0.1) is 5.82 Å². The van der Waals surface area contributed by atoms with Crippen molar-refractivity contribution in [3.63, 3.8) is 0 Å². The van der Waals surface area contributed by atoms with Crippen molar-refractivity contribution in [2.24, 2.45) is 0 Å². The van der Waals surface area contributed by atoms with E-state index in [1.165, 1.54) is 6.07 Å². The van der Waals surface area contributed by atoms with E-state index in [0.29, 0.717) is 18.7 Å². The summed E-state index contributed by atoms with van der Waals surface area (Å²) in [6.45, 7) is 4.16. The van der Waals surface area contributed by atoms with Crippen LogP contribution in [0.15, 0.2) is 36.4 Å². The monoisotopic (exact) mass is 419 g/mol. The Morgan fingerprint density at radius 1 is 1.15 bits per heavy atom. The molecule has 3 rings (SSSR count). The van der Waals surface area contributed by atoms with Crippen molar-refractivity contribution < 1.29 is 13.9 Å². The smallest absolute Gasteiger partial charge is 0.143 e. The average Bonchev–Trinajstić information content (AvgIpc) is 2.68. The number of anilines is 1. The van der Waals surface area contributed by atoms with E-state index >= 15 is 0 Å². The van der Waals surface area contributed by atoms with E-state index in [1.54, 1.807) is 13.2 Å². The number of alkyl halides is 1. The molecular formula is C21H23BrFNO2. The highest BCUT2D eigenvalue weighted by Crippen LogP contribution is 2.41. The lowest BCUT2D eigenvalue weighted by Gasteiger charge is -2.33. The first-order valence-electron chi connectivity index (χ1n) is 8.79. The molecule has 0 spiro atoms. The molecule has 0 radical (unpaired) electrons. The van der Waals surface area contributed by atoms with Gasteiger partial charge in [0.05, 0.1) is 19.4 Å². The molecule has 3 nitrogen and oxygen atoms in total. The second kappa shape index (κ2) is 8.58. The first-order chi connectivity index (χ1) is 12.7. The van der Waals surface area contributed by atoms with Crippen molar-refractivity contribution in [2.45, 2.75) is 13.3 Å². The quantitative estimate of drug-likeness (QED) is 0.562. The molecule has 0 amide bonds. The predicted molar refractivity (Wildman–Crippen MR) is 109 cm³/mol. The molecule has 2 aromatic carbocycles. The van der Waals surface area contributed by atoms with Crippen LogP contribution >= 0.6 is 15.9 Å². The second-order valence-corrected chi connectivity index (χ2v) is 6.96.